The van der Waals surface area contributed by atoms with Crippen molar-refractivity contribution in [1.29, 1.82) is 0 Å². The predicted octanol–water partition coefficient (Wildman–Crippen LogP) is 3.21. The van der Waals surface area contributed by atoms with Gasteiger partial charge in [0, 0.05) is 48.8 Å². The average molecular weight is 522 g/mol. The van der Waals surface area contributed by atoms with Crippen LogP contribution < -0.4 is 30.2 Å². The van der Waals surface area contributed by atoms with Crippen LogP contribution in [0.3, 0.4) is 0 Å². The minimum atomic E-state index is -0.298. The van der Waals surface area contributed by atoms with E-state index in [0.29, 0.717) is 52.8 Å². The fourth-order valence-electron chi connectivity index (χ4n) is 3.76. The van der Waals surface area contributed by atoms with E-state index < -0.39 is 0 Å². The molecule has 38 heavy (non-hydrogen) atoms. The van der Waals surface area contributed by atoms with Crippen LogP contribution in [0.5, 0.6) is 17.2 Å². The summed E-state index contributed by atoms with van der Waals surface area (Å²) in [5.74, 6) is 1.87. The van der Waals surface area contributed by atoms with Crippen molar-refractivity contribution >= 4 is 34.9 Å². The summed E-state index contributed by atoms with van der Waals surface area (Å²) in [7, 11) is 3.14. The molecule has 3 N–H and O–H groups in total. The molecule has 1 aliphatic rings. The third kappa shape index (κ3) is 7.31. The number of nitrogens with zero attached hydrogens (tertiary/aromatic N) is 4. The topological polar surface area (TPSA) is 132 Å². The van der Waals surface area contributed by atoms with Gasteiger partial charge < -0.3 is 34.9 Å². The lowest BCUT2D eigenvalue weighted by Crippen LogP contribution is -2.38. The number of hydrogen-bond acceptors (Lipinski definition) is 11. The molecule has 1 fully saturated rings. The molecule has 1 aliphatic heterocycles. The second-order valence-corrected chi connectivity index (χ2v) is 8.17. The molecular weight excluding hydrogens is 490 g/mol. The number of aromatic nitrogens is 3. The van der Waals surface area contributed by atoms with Crippen LogP contribution in [0, 0.1) is 0 Å². The molecule has 4 rings (SSSR count). The number of ether oxygens (including phenoxy) is 4. The van der Waals surface area contributed by atoms with Gasteiger partial charge in [-0.15, -0.1) is 0 Å². The van der Waals surface area contributed by atoms with E-state index in [4.69, 9.17) is 18.9 Å². The van der Waals surface area contributed by atoms with Gasteiger partial charge in [-0.2, -0.15) is 4.98 Å². The lowest BCUT2D eigenvalue weighted by atomic mass is 10.2. The molecule has 0 atom stereocenters. The second kappa shape index (κ2) is 13.2. The Balaban J connectivity index is 1.46. The number of rotatable bonds is 12. The fourth-order valence-corrected chi connectivity index (χ4v) is 3.76. The van der Waals surface area contributed by atoms with Gasteiger partial charge in [-0.1, -0.05) is 12.6 Å². The lowest BCUT2D eigenvalue weighted by Gasteiger charge is -2.26. The molecule has 0 aliphatic carbocycles. The highest BCUT2D eigenvalue weighted by atomic mass is 16.5. The van der Waals surface area contributed by atoms with Crippen molar-refractivity contribution in [3.05, 3.63) is 55.4 Å². The molecule has 0 unspecified atom stereocenters. The third-order valence-corrected chi connectivity index (χ3v) is 5.61. The van der Waals surface area contributed by atoms with Crippen LogP contribution in [0.1, 0.15) is 0 Å². The Kier molecular flexibility index (Phi) is 9.27. The van der Waals surface area contributed by atoms with Crippen LogP contribution in [-0.2, 0) is 9.53 Å². The molecule has 0 spiro atoms. The molecule has 1 aromatic heterocycles. The van der Waals surface area contributed by atoms with E-state index >= 15 is 0 Å². The van der Waals surface area contributed by atoms with E-state index in [9.17, 15) is 4.79 Å². The quantitative estimate of drug-likeness (QED) is 0.304. The zero-order valence-electron chi connectivity index (χ0n) is 21.4. The van der Waals surface area contributed by atoms with Crippen LogP contribution in [-0.4, -0.2) is 79.4 Å². The first-order valence-corrected chi connectivity index (χ1v) is 12.0. The molecular formula is C26H31N7O5. The molecule has 3 aromatic rings. The van der Waals surface area contributed by atoms with E-state index in [1.54, 1.807) is 38.5 Å². The van der Waals surface area contributed by atoms with E-state index in [-0.39, 0.29) is 5.91 Å². The highest BCUT2D eigenvalue weighted by molar-refractivity contribution is 5.99. The van der Waals surface area contributed by atoms with Crippen molar-refractivity contribution in [3.8, 4) is 17.2 Å². The maximum absolute atomic E-state index is 11.6. The number of nitrogens with one attached hydrogen (secondary N) is 3. The molecule has 200 valence electrons. The summed E-state index contributed by atoms with van der Waals surface area (Å²) < 4.78 is 22.5. The summed E-state index contributed by atoms with van der Waals surface area (Å²) in [5.41, 5.74) is 1.94. The van der Waals surface area contributed by atoms with Gasteiger partial charge in [0.2, 0.25) is 23.6 Å². The fraction of sp³-hybridized carbons (Fsp3) is 0.308. The number of morpholine rings is 1. The van der Waals surface area contributed by atoms with Crippen molar-refractivity contribution in [2.24, 2.45) is 0 Å². The van der Waals surface area contributed by atoms with Gasteiger partial charge >= 0.3 is 0 Å². The number of carbonyl (C=O) groups excluding carboxylic acids is 1. The van der Waals surface area contributed by atoms with E-state index in [0.717, 1.165) is 32.8 Å². The number of carbonyl (C=O) groups is 1. The minimum absolute atomic E-state index is 0.298. The van der Waals surface area contributed by atoms with Gasteiger partial charge in [0.1, 0.15) is 12.9 Å². The number of amides is 1. The second-order valence-electron chi connectivity index (χ2n) is 8.17. The van der Waals surface area contributed by atoms with Crippen molar-refractivity contribution in [2.45, 2.75) is 0 Å². The van der Waals surface area contributed by atoms with Crippen LogP contribution in [0.2, 0.25) is 0 Å². The summed E-state index contributed by atoms with van der Waals surface area (Å²) >= 11 is 0. The Labute approximate surface area is 221 Å². The maximum atomic E-state index is 11.6. The summed E-state index contributed by atoms with van der Waals surface area (Å²) in [5, 5.41) is 8.99. The largest absolute Gasteiger partial charge is 0.493 e. The first-order valence-electron chi connectivity index (χ1n) is 12.0. The van der Waals surface area contributed by atoms with Gasteiger partial charge in [0.25, 0.3) is 0 Å². The molecule has 0 bridgehead atoms. The monoisotopic (exact) mass is 521 g/mol. The first-order chi connectivity index (χ1) is 18.6. The van der Waals surface area contributed by atoms with Crippen molar-refractivity contribution in [2.75, 3.05) is 69.6 Å². The highest BCUT2D eigenvalue weighted by Gasteiger charge is 2.16. The van der Waals surface area contributed by atoms with E-state index in [2.05, 4.69) is 42.4 Å². The Morgan fingerprint density at radius 1 is 1.03 bits per heavy atom. The van der Waals surface area contributed by atoms with E-state index in [1.165, 1.54) is 12.4 Å². The standard InChI is InChI=1S/C26H31N7O5/c1-4-23(34)29-18-6-5-7-19(14-18)30-25-27-17-28-26(32-25)31-20-15-21(35-2)24(36-3)22(16-20)38-13-10-33-8-11-37-12-9-33/h4-7,14-17H,1,8-13H2,2-3H3,(H,29,34)(H2,27,28,30,31,32). The minimum Gasteiger partial charge on any atom is -0.493 e. The van der Waals surface area contributed by atoms with Crippen LogP contribution >= 0.6 is 0 Å². The molecule has 1 amide bonds. The number of anilines is 5. The Morgan fingerprint density at radius 3 is 2.45 bits per heavy atom. The van der Waals surface area contributed by atoms with Crippen LogP contribution in [0.15, 0.2) is 55.4 Å². The lowest BCUT2D eigenvalue weighted by molar-refractivity contribution is -0.111. The van der Waals surface area contributed by atoms with Crippen molar-refractivity contribution < 1.29 is 23.7 Å². The molecule has 1 saturated heterocycles. The van der Waals surface area contributed by atoms with Gasteiger partial charge in [-0.3, -0.25) is 9.69 Å². The molecule has 12 nitrogen and oxygen atoms in total. The zero-order valence-corrected chi connectivity index (χ0v) is 21.4. The number of benzene rings is 2. The summed E-state index contributed by atoms with van der Waals surface area (Å²) in [4.78, 5) is 26.7. The van der Waals surface area contributed by atoms with Crippen LogP contribution in [0.25, 0.3) is 0 Å². The van der Waals surface area contributed by atoms with Crippen molar-refractivity contribution in [3.63, 3.8) is 0 Å². The zero-order chi connectivity index (χ0) is 26.7. The Morgan fingerprint density at radius 2 is 1.74 bits per heavy atom. The first kappa shape index (κ1) is 26.6. The summed E-state index contributed by atoms with van der Waals surface area (Å²) in [6.07, 6.45) is 2.60. The summed E-state index contributed by atoms with van der Waals surface area (Å²) in [6, 6.07) is 10.7. The molecule has 2 aromatic carbocycles. The van der Waals surface area contributed by atoms with Crippen LogP contribution in [0.4, 0.5) is 29.0 Å². The summed E-state index contributed by atoms with van der Waals surface area (Å²) in [6.45, 7) is 7.95. The maximum Gasteiger partial charge on any atom is 0.247 e. The van der Waals surface area contributed by atoms with Crippen molar-refractivity contribution in [1.82, 2.24) is 19.9 Å². The smallest absolute Gasteiger partial charge is 0.247 e. The number of methoxy groups -OCH3 is 2. The van der Waals surface area contributed by atoms with Gasteiger partial charge in [0.05, 0.1) is 27.4 Å². The molecule has 0 radical (unpaired) electrons. The molecule has 0 saturated carbocycles. The normalized spacial score (nSPS) is 13.3. The Bertz CT molecular complexity index is 1250. The SMILES string of the molecule is C=CC(=O)Nc1cccc(Nc2ncnc(Nc3cc(OC)c(OC)c(OCCN4CCOCC4)c3)n2)c1. The third-order valence-electron chi connectivity index (χ3n) is 5.61. The number of hydrogen-bond donors (Lipinski definition) is 3. The molecule has 2 heterocycles. The van der Waals surface area contributed by atoms with Gasteiger partial charge in [-0.25, -0.2) is 9.97 Å². The van der Waals surface area contributed by atoms with Gasteiger partial charge in [-0.05, 0) is 24.3 Å². The highest BCUT2D eigenvalue weighted by Crippen LogP contribution is 2.40. The van der Waals surface area contributed by atoms with Gasteiger partial charge in [0.15, 0.2) is 11.5 Å². The average Bonchev–Trinajstić information content (AvgIpc) is 2.93. The van der Waals surface area contributed by atoms with E-state index in [1.807, 2.05) is 12.1 Å². The Hall–Kier alpha value is -4.42. The predicted molar refractivity (Wildman–Crippen MR) is 144 cm³/mol. The molecule has 12 heteroatoms.